The topological polar surface area (TPSA) is 113 Å². The molecule has 1 atom stereocenters. The average Bonchev–Trinajstić information content (AvgIpc) is 2.98. The van der Waals surface area contributed by atoms with Crippen molar-refractivity contribution in [3.05, 3.63) is 130 Å². The van der Waals surface area contributed by atoms with Crippen LogP contribution in [0, 0.1) is 17.0 Å². The first-order valence-corrected chi connectivity index (χ1v) is 16.7. The van der Waals surface area contributed by atoms with Gasteiger partial charge in [-0.2, -0.15) is 8.42 Å². The molecular formula is C36H35ClF2N2O5S. The monoisotopic (exact) mass is 680 g/mol. The molecule has 0 spiro atoms. The van der Waals surface area contributed by atoms with Gasteiger partial charge in [0.05, 0.1) is 11.7 Å². The molecule has 0 aliphatic heterocycles. The highest BCUT2D eigenvalue weighted by atomic mass is 35.5. The van der Waals surface area contributed by atoms with Crippen molar-refractivity contribution in [3.8, 4) is 11.1 Å². The van der Waals surface area contributed by atoms with Crippen molar-refractivity contribution >= 4 is 45.3 Å². The molecule has 11 heteroatoms. The van der Waals surface area contributed by atoms with Crippen LogP contribution in [0.5, 0.6) is 0 Å². The van der Waals surface area contributed by atoms with E-state index < -0.39 is 39.3 Å². The molecule has 0 radical (unpaired) electrons. The minimum Gasteiger partial charge on any atom is -0.351 e. The molecule has 246 valence electrons. The Balaban J connectivity index is 1.60. The van der Waals surface area contributed by atoms with E-state index >= 15 is 0 Å². The summed E-state index contributed by atoms with van der Waals surface area (Å²) in [7, 11) is -4.21. The minimum absolute atomic E-state index is 0.00661. The van der Waals surface area contributed by atoms with Crippen LogP contribution in [0.25, 0.3) is 17.2 Å². The summed E-state index contributed by atoms with van der Waals surface area (Å²) in [5, 5.41) is 5.59. The lowest BCUT2D eigenvalue weighted by Gasteiger charge is -2.19. The fourth-order valence-electron chi connectivity index (χ4n) is 4.74. The minimum atomic E-state index is -4.21. The van der Waals surface area contributed by atoms with E-state index in [0.29, 0.717) is 11.3 Å². The highest BCUT2D eigenvalue weighted by molar-refractivity contribution is 7.85. The first-order valence-electron chi connectivity index (χ1n) is 14.7. The summed E-state index contributed by atoms with van der Waals surface area (Å²) < 4.78 is 58.8. The van der Waals surface area contributed by atoms with Gasteiger partial charge in [-0.15, -0.1) is 0 Å². The lowest BCUT2D eigenvalue weighted by atomic mass is 9.89. The number of anilines is 1. The summed E-state index contributed by atoms with van der Waals surface area (Å²) in [6.45, 7) is 6.04. The fourth-order valence-corrected chi connectivity index (χ4v) is 5.34. The van der Waals surface area contributed by atoms with Gasteiger partial charge in [0, 0.05) is 34.4 Å². The third-order valence-electron chi connectivity index (χ3n) is 7.14. The molecule has 0 saturated carbocycles. The molecule has 2 amide bonds. The van der Waals surface area contributed by atoms with Crippen LogP contribution in [0.1, 0.15) is 53.7 Å². The molecule has 3 N–H and O–H groups in total. The molecule has 7 nitrogen and oxygen atoms in total. The number of hydrogen-bond donors (Lipinski definition) is 3. The van der Waals surface area contributed by atoms with Gasteiger partial charge < -0.3 is 10.6 Å². The summed E-state index contributed by atoms with van der Waals surface area (Å²) in [4.78, 5) is 26.3. The van der Waals surface area contributed by atoms with E-state index in [1.165, 1.54) is 18.2 Å². The predicted molar refractivity (Wildman–Crippen MR) is 182 cm³/mol. The highest BCUT2D eigenvalue weighted by Gasteiger charge is 2.23. The van der Waals surface area contributed by atoms with Crippen LogP contribution in [-0.4, -0.2) is 37.1 Å². The molecule has 0 aliphatic carbocycles. The Morgan fingerprint density at radius 2 is 1.62 bits per heavy atom. The molecule has 4 aromatic carbocycles. The van der Waals surface area contributed by atoms with Crippen molar-refractivity contribution in [1.29, 1.82) is 0 Å². The van der Waals surface area contributed by atoms with E-state index in [4.69, 9.17) is 16.2 Å². The quantitative estimate of drug-likeness (QED) is 0.139. The Bertz CT molecular complexity index is 1890. The Morgan fingerprint density at radius 1 is 0.936 bits per heavy atom. The van der Waals surface area contributed by atoms with Gasteiger partial charge >= 0.3 is 0 Å². The Morgan fingerprint density at radius 3 is 2.23 bits per heavy atom. The smallest absolute Gasteiger partial charge is 0.266 e. The number of halogens is 3. The van der Waals surface area contributed by atoms with Gasteiger partial charge in [0.25, 0.3) is 16.0 Å². The first kappa shape index (κ1) is 35.5. The molecule has 0 saturated heterocycles. The van der Waals surface area contributed by atoms with Crippen molar-refractivity contribution in [2.24, 2.45) is 5.41 Å². The summed E-state index contributed by atoms with van der Waals surface area (Å²) >= 11 is 6.34. The van der Waals surface area contributed by atoms with Crippen LogP contribution >= 0.6 is 11.6 Å². The van der Waals surface area contributed by atoms with Gasteiger partial charge in [-0.1, -0.05) is 80.9 Å². The highest BCUT2D eigenvalue weighted by Crippen LogP contribution is 2.31. The van der Waals surface area contributed by atoms with E-state index in [-0.39, 0.29) is 40.4 Å². The molecule has 0 bridgehead atoms. The van der Waals surface area contributed by atoms with Crippen LogP contribution < -0.4 is 10.6 Å². The van der Waals surface area contributed by atoms with Crippen LogP contribution in [-0.2, 0) is 21.3 Å². The van der Waals surface area contributed by atoms with Crippen molar-refractivity contribution in [1.82, 2.24) is 5.32 Å². The van der Waals surface area contributed by atoms with E-state index in [1.807, 2.05) is 30.3 Å². The third kappa shape index (κ3) is 10.8. The molecule has 4 rings (SSSR count). The molecule has 47 heavy (non-hydrogen) atoms. The second kappa shape index (κ2) is 15.0. The molecule has 1 unspecified atom stereocenters. The molecule has 0 heterocycles. The fraction of sp³-hybridized carbons (Fsp3) is 0.222. The number of carbonyl (C=O) groups is 2. The maximum Gasteiger partial charge on any atom is 0.266 e. The summed E-state index contributed by atoms with van der Waals surface area (Å²) in [6, 6.07) is 22.0. The summed E-state index contributed by atoms with van der Waals surface area (Å²) in [6.07, 6.45) is 4.36. The maximum atomic E-state index is 14.6. The normalized spacial score (nSPS) is 12.6. The van der Waals surface area contributed by atoms with Gasteiger partial charge in [0.2, 0.25) is 5.91 Å². The van der Waals surface area contributed by atoms with E-state index in [9.17, 15) is 26.8 Å². The largest absolute Gasteiger partial charge is 0.351 e. The van der Waals surface area contributed by atoms with Crippen molar-refractivity contribution in [2.75, 3.05) is 17.6 Å². The second-order valence-corrected chi connectivity index (χ2v) is 14.2. The number of rotatable bonds is 11. The zero-order chi connectivity index (χ0) is 34.4. The van der Waals surface area contributed by atoms with Crippen LogP contribution in [0.15, 0.2) is 91.0 Å². The molecular weight excluding hydrogens is 646 g/mol. The van der Waals surface area contributed by atoms with Crippen molar-refractivity contribution < 1.29 is 31.3 Å². The van der Waals surface area contributed by atoms with Crippen molar-refractivity contribution in [3.63, 3.8) is 0 Å². The SMILES string of the molecule is CC(C)(C)C=Cc1ccc(C(Cc2ccc(C(=O)NCCS(=O)(=O)O)cc2)C(=O)Nc2cc(Cl)cc(-c3ccc(F)cc3F)c2)cc1. The van der Waals surface area contributed by atoms with Gasteiger partial charge in [-0.05, 0) is 76.6 Å². The van der Waals surface area contributed by atoms with E-state index in [2.05, 4.69) is 37.5 Å². The maximum absolute atomic E-state index is 14.6. The number of allylic oxidation sites excluding steroid dienone is 1. The zero-order valence-corrected chi connectivity index (χ0v) is 27.6. The van der Waals surface area contributed by atoms with Crippen molar-refractivity contribution in [2.45, 2.75) is 33.1 Å². The van der Waals surface area contributed by atoms with Gasteiger partial charge in [0.1, 0.15) is 11.6 Å². The van der Waals surface area contributed by atoms with Crippen LogP contribution in [0.4, 0.5) is 14.5 Å². The van der Waals surface area contributed by atoms with Gasteiger partial charge in [0.15, 0.2) is 0 Å². The standard InChI is InChI=1S/C36H35ClF2N2O5S/c1-36(2,3)15-14-23-4-8-25(9-5-23)32(18-24-6-10-26(11-7-24)34(42)40-16-17-47(44,45)46)35(43)41-30-20-27(19-28(37)21-30)31-13-12-29(38)22-33(31)39/h4-15,19-22,32H,16-18H2,1-3H3,(H,40,42)(H,41,43)(H,44,45,46). The zero-order valence-electron chi connectivity index (χ0n) is 26.1. The number of carbonyl (C=O) groups excluding carboxylic acids is 2. The lowest BCUT2D eigenvalue weighted by molar-refractivity contribution is -0.117. The number of amides is 2. The molecule has 0 fully saturated rings. The summed E-state index contributed by atoms with van der Waals surface area (Å²) in [5.74, 6) is -3.64. The molecule has 0 aliphatic rings. The van der Waals surface area contributed by atoms with Gasteiger partial charge in [-0.3, -0.25) is 14.1 Å². The second-order valence-electron chi connectivity index (χ2n) is 12.2. The Kier molecular flexibility index (Phi) is 11.3. The molecule has 4 aromatic rings. The predicted octanol–water partition coefficient (Wildman–Crippen LogP) is 7.93. The van der Waals surface area contributed by atoms with Gasteiger partial charge in [-0.25, -0.2) is 8.78 Å². The number of nitrogens with one attached hydrogen (secondary N) is 2. The average molecular weight is 681 g/mol. The molecule has 0 aromatic heterocycles. The van der Waals surface area contributed by atoms with Crippen LogP contribution in [0.2, 0.25) is 5.02 Å². The Hall–Kier alpha value is -4.38. The lowest BCUT2D eigenvalue weighted by Crippen LogP contribution is -2.28. The number of benzene rings is 4. The van der Waals surface area contributed by atoms with E-state index in [0.717, 1.165) is 28.8 Å². The Labute approximate surface area is 278 Å². The third-order valence-corrected chi connectivity index (χ3v) is 8.08. The van der Waals surface area contributed by atoms with Crippen LogP contribution in [0.3, 0.4) is 0 Å². The van der Waals surface area contributed by atoms with E-state index in [1.54, 1.807) is 30.3 Å². The number of hydrogen-bond acceptors (Lipinski definition) is 4. The first-order chi connectivity index (χ1) is 22.1. The summed E-state index contributed by atoms with van der Waals surface area (Å²) in [5.41, 5.74) is 3.53.